The van der Waals surface area contributed by atoms with Crippen LogP contribution in [0.15, 0.2) is 23.7 Å². The molecule has 10 heteroatoms. The number of hydrogen-bond donors (Lipinski definition) is 3. The van der Waals surface area contributed by atoms with Crippen LogP contribution in [0.5, 0.6) is 0 Å². The van der Waals surface area contributed by atoms with Crippen LogP contribution in [0.1, 0.15) is 25.7 Å². The SMILES string of the molecule is O=C(O)[C@H]1C2CCC(CC2)[C@@H]1Nc1nc(-c2[nH]nc3ncc(F)cc23)nc2ccsc12. The monoisotopic (exact) mass is 438 g/mol. The summed E-state index contributed by atoms with van der Waals surface area (Å²) < 4.78 is 14.7. The number of halogens is 1. The lowest BCUT2D eigenvalue weighted by molar-refractivity contribution is -0.148. The second-order valence-electron chi connectivity index (χ2n) is 8.36. The number of carbonyl (C=O) groups is 1. The summed E-state index contributed by atoms with van der Waals surface area (Å²) >= 11 is 1.51. The summed E-state index contributed by atoms with van der Waals surface area (Å²) in [4.78, 5) is 25.4. The first-order chi connectivity index (χ1) is 15.1. The van der Waals surface area contributed by atoms with Gasteiger partial charge in [0.15, 0.2) is 11.5 Å². The molecule has 0 spiro atoms. The van der Waals surface area contributed by atoms with Gasteiger partial charge < -0.3 is 10.4 Å². The van der Waals surface area contributed by atoms with E-state index in [0.717, 1.165) is 42.1 Å². The average molecular weight is 438 g/mol. The number of hydrogen-bond acceptors (Lipinski definition) is 7. The Kier molecular flexibility index (Phi) is 4.17. The van der Waals surface area contributed by atoms with Crippen molar-refractivity contribution in [2.75, 3.05) is 5.32 Å². The zero-order valence-electron chi connectivity index (χ0n) is 16.4. The molecular formula is C21H19FN6O2S. The van der Waals surface area contributed by atoms with Crippen molar-refractivity contribution in [3.8, 4) is 11.5 Å². The van der Waals surface area contributed by atoms with E-state index in [1.165, 1.54) is 17.4 Å². The van der Waals surface area contributed by atoms with Crippen LogP contribution in [0.2, 0.25) is 0 Å². The molecule has 0 unspecified atom stereocenters. The van der Waals surface area contributed by atoms with Crippen molar-refractivity contribution in [3.05, 3.63) is 29.5 Å². The van der Waals surface area contributed by atoms with Gasteiger partial charge in [0.25, 0.3) is 0 Å². The summed E-state index contributed by atoms with van der Waals surface area (Å²) in [6.07, 6.45) is 5.14. The normalized spacial score (nSPS) is 25.3. The van der Waals surface area contributed by atoms with Gasteiger partial charge in [0.05, 0.1) is 27.7 Å². The smallest absolute Gasteiger partial charge is 0.308 e. The lowest BCUT2D eigenvalue weighted by atomic mass is 9.61. The number of pyridine rings is 1. The van der Waals surface area contributed by atoms with Gasteiger partial charge in [-0.2, -0.15) is 5.10 Å². The minimum absolute atomic E-state index is 0.171. The summed E-state index contributed by atoms with van der Waals surface area (Å²) in [7, 11) is 0. The van der Waals surface area contributed by atoms with E-state index >= 15 is 0 Å². The number of carboxylic acid groups (broad SMARTS) is 1. The molecule has 8 nitrogen and oxygen atoms in total. The lowest BCUT2D eigenvalue weighted by Gasteiger charge is -2.47. The highest BCUT2D eigenvalue weighted by Crippen LogP contribution is 2.47. The van der Waals surface area contributed by atoms with Gasteiger partial charge in [-0.3, -0.25) is 9.89 Å². The second-order valence-corrected chi connectivity index (χ2v) is 9.28. The van der Waals surface area contributed by atoms with E-state index in [-0.39, 0.29) is 12.0 Å². The number of carboxylic acids is 1. The molecule has 3 saturated carbocycles. The fraction of sp³-hybridized carbons (Fsp3) is 0.381. The number of H-pyrrole nitrogens is 1. The van der Waals surface area contributed by atoms with Gasteiger partial charge in [-0.15, -0.1) is 11.3 Å². The van der Waals surface area contributed by atoms with Crippen molar-refractivity contribution in [1.29, 1.82) is 0 Å². The van der Waals surface area contributed by atoms with Crippen molar-refractivity contribution >= 4 is 44.4 Å². The molecule has 2 atom stereocenters. The van der Waals surface area contributed by atoms with Gasteiger partial charge in [-0.05, 0) is 55.0 Å². The number of nitrogens with one attached hydrogen (secondary N) is 2. The molecule has 31 heavy (non-hydrogen) atoms. The Morgan fingerprint density at radius 2 is 2.03 bits per heavy atom. The Bertz CT molecular complexity index is 1310. The van der Waals surface area contributed by atoms with Gasteiger partial charge in [-0.1, -0.05) is 0 Å². The molecule has 4 heterocycles. The predicted molar refractivity (Wildman–Crippen MR) is 114 cm³/mol. The van der Waals surface area contributed by atoms with Gasteiger partial charge in [0, 0.05) is 6.04 Å². The molecule has 3 aliphatic rings. The summed E-state index contributed by atoms with van der Waals surface area (Å²) in [5.41, 5.74) is 1.62. The Morgan fingerprint density at radius 1 is 1.23 bits per heavy atom. The van der Waals surface area contributed by atoms with Crippen LogP contribution >= 0.6 is 11.3 Å². The van der Waals surface area contributed by atoms with E-state index in [4.69, 9.17) is 4.98 Å². The fourth-order valence-electron chi connectivity index (χ4n) is 5.29. The minimum Gasteiger partial charge on any atom is -0.481 e. The zero-order chi connectivity index (χ0) is 21.1. The summed E-state index contributed by atoms with van der Waals surface area (Å²) in [5, 5.41) is 22.8. The highest BCUT2D eigenvalue weighted by atomic mass is 32.1. The van der Waals surface area contributed by atoms with E-state index in [0.29, 0.717) is 34.3 Å². The van der Waals surface area contributed by atoms with Crippen LogP contribution < -0.4 is 5.32 Å². The highest BCUT2D eigenvalue weighted by molar-refractivity contribution is 7.17. The second kappa shape index (κ2) is 6.94. The van der Waals surface area contributed by atoms with Crippen LogP contribution in [0.3, 0.4) is 0 Å². The fourth-order valence-corrected chi connectivity index (χ4v) is 6.07. The molecule has 3 aliphatic carbocycles. The molecule has 3 N–H and O–H groups in total. The van der Waals surface area contributed by atoms with Crippen molar-refractivity contribution in [2.45, 2.75) is 31.7 Å². The first-order valence-electron chi connectivity index (χ1n) is 10.3. The maximum atomic E-state index is 13.8. The van der Waals surface area contributed by atoms with E-state index in [9.17, 15) is 14.3 Å². The standard InChI is InChI=1S/C21H19FN6O2S/c22-11-7-12-16(27-28-18(12)23-8-11)19-24-13-5-6-31-17(13)20(26-19)25-15-10-3-1-9(2-4-10)14(15)21(29)30/h5-10,14-15H,1-4H2,(H,29,30)(H,23,27,28)(H,24,25,26)/t9?,10?,14-,15-/m0/s1. The van der Waals surface area contributed by atoms with Crippen LogP contribution in [0, 0.1) is 23.6 Å². The maximum Gasteiger partial charge on any atom is 0.308 e. The number of rotatable bonds is 4. The maximum absolute atomic E-state index is 13.8. The van der Waals surface area contributed by atoms with Crippen LogP contribution in [0.25, 0.3) is 32.8 Å². The number of anilines is 1. The van der Waals surface area contributed by atoms with E-state index in [1.54, 1.807) is 0 Å². The lowest BCUT2D eigenvalue weighted by Crippen LogP contribution is -2.51. The quantitative estimate of drug-likeness (QED) is 0.440. The molecule has 158 valence electrons. The molecule has 4 aromatic heterocycles. The van der Waals surface area contributed by atoms with Crippen LogP contribution in [0.4, 0.5) is 10.2 Å². The van der Waals surface area contributed by atoms with Crippen LogP contribution in [-0.2, 0) is 4.79 Å². The molecular weight excluding hydrogens is 419 g/mol. The Balaban J connectivity index is 1.46. The molecule has 0 aliphatic heterocycles. The van der Waals surface area contributed by atoms with Crippen molar-refractivity contribution < 1.29 is 14.3 Å². The van der Waals surface area contributed by atoms with Crippen LogP contribution in [-0.4, -0.2) is 42.3 Å². The first kappa shape index (κ1) is 18.6. The molecule has 0 saturated heterocycles. The molecule has 3 fully saturated rings. The summed E-state index contributed by atoms with van der Waals surface area (Å²) in [6, 6.07) is 3.08. The molecule has 7 rings (SSSR count). The summed E-state index contributed by atoms with van der Waals surface area (Å²) in [5.74, 6) is -0.136. The molecule has 0 amide bonds. The predicted octanol–water partition coefficient (Wildman–Crippen LogP) is 4.07. The minimum atomic E-state index is -0.746. The number of thiophene rings is 1. The van der Waals surface area contributed by atoms with E-state index < -0.39 is 17.7 Å². The number of nitrogens with zero attached hydrogens (tertiary/aromatic N) is 4. The molecule has 0 aromatic carbocycles. The van der Waals surface area contributed by atoms with E-state index in [1.807, 2.05) is 11.4 Å². The number of aromatic amines is 1. The molecule has 2 bridgehead atoms. The van der Waals surface area contributed by atoms with Crippen molar-refractivity contribution in [1.82, 2.24) is 25.1 Å². The third-order valence-corrected chi connectivity index (χ3v) is 7.62. The topological polar surface area (TPSA) is 117 Å². The van der Waals surface area contributed by atoms with Crippen molar-refractivity contribution in [2.24, 2.45) is 17.8 Å². The van der Waals surface area contributed by atoms with Crippen molar-refractivity contribution in [3.63, 3.8) is 0 Å². The summed E-state index contributed by atoms with van der Waals surface area (Å²) in [6.45, 7) is 0. The average Bonchev–Trinajstić information content (AvgIpc) is 3.41. The van der Waals surface area contributed by atoms with Gasteiger partial charge in [0.1, 0.15) is 17.3 Å². The molecule has 4 aromatic rings. The molecule has 0 radical (unpaired) electrons. The van der Waals surface area contributed by atoms with Gasteiger partial charge in [-0.25, -0.2) is 19.3 Å². The van der Waals surface area contributed by atoms with Gasteiger partial charge >= 0.3 is 5.97 Å². The number of fused-ring (bicyclic) bond motifs is 5. The van der Waals surface area contributed by atoms with E-state index in [2.05, 4.69) is 25.5 Å². The third kappa shape index (κ3) is 2.96. The number of aromatic nitrogens is 5. The first-order valence-corrected chi connectivity index (χ1v) is 11.2. The third-order valence-electron chi connectivity index (χ3n) is 6.71. The Labute approximate surface area is 179 Å². The Hall–Kier alpha value is -3.14. The zero-order valence-corrected chi connectivity index (χ0v) is 17.2. The van der Waals surface area contributed by atoms with Gasteiger partial charge in [0.2, 0.25) is 0 Å². The largest absolute Gasteiger partial charge is 0.481 e. The number of aliphatic carboxylic acids is 1. The highest BCUT2D eigenvalue weighted by Gasteiger charge is 2.47. The Morgan fingerprint density at radius 3 is 2.84 bits per heavy atom.